The van der Waals surface area contributed by atoms with Crippen LogP contribution in [0.1, 0.15) is 40.4 Å². The molecule has 0 unspecified atom stereocenters. The van der Waals surface area contributed by atoms with Crippen LogP contribution in [0.15, 0.2) is 58.6 Å². The molecule has 0 fully saturated rings. The largest absolute Gasteiger partial charge is 0.488 e. The summed E-state index contributed by atoms with van der Waals surface area (Å²) < 4.78 is 6.77. The normalized spacial score (nSPS) is 13.6. The van der Waals surface area contributed by atoms with Crippen LogP contribution in [-0.4, -0.2) is 4.98 Å². The van der Waals surface area contributed by atoms with Gasteiger partial charge in [-0.1, -0.05) is 36.4 Å². The maximum atomic E-state index is 9.70. The van der Waals surface area contributed by atoms with Gasteiger partial charge in [-0.25, -0.2) is 4.98 Å². The lowest BCUT2D eigenvalue weighted by Gasteiger charge is -2.12. The predicted octanol–water partition coefficient (Wildman–Crippen LogP) is 6.04. The highest BCUT2D eigenvalue weighted by atomic mass is 79.9. The molecular formula is C26H19BrN4O. The Morgan fingerprint density at radius 1 is 1.09 bits per heavy atom. The van der Waals surface area contributed by atoms with Gasteiger partial charge in [-0.2, -0.15) is 10.5 Å². The van der Waals surface area contributed by atoms with Crippen molar-refractivity contribution in [3.8, 4) is 17.9 Å². The number of fused-ring (bicyclic) bond motifs is 1. The summed E-state index contributed by atoms with van der Waals surface area (Å²) in [5.74, 6) is 0.887. The van der Waals surface area contributed by atoms with Crippen molar-refractivity contribution in [3.05, 3.63) is 92.1 Å². The van der Waals surface area contributed by atoms with Crippen molar-refractivity contribution in [2.24, 2.45) is 0 Å². The van der Waals surface area contributed by atoms with Crippen LogP contribution in [0.2, 0.25) is 0 Å². The fourth-order valence-corrected chi connectivity index (χ4v) is 4.33. The first kappa shape index (κ1) is 21.4. The number of nitrogens with two attached hydrogens (primary N) is 1. The third-order valence-corrected chi connectivity index (χ3v) is 6.11. The van der Waals surface area contributed by atoms with E-state index in [0.29, 0.717) is 23.4 Å². The smallest absolute Gasteiger partial charge is 0.142 e. The third kappa shape index (κ3) is 3.77. The maximum Gasteiger partial charge on any atom is 0.142 e. The monoisotopic (exact) mass is 482 g/mol. The number of pyridine rings is 1. The van der Waals surface area contributed by atoms with E-state index in [-0.39, 0.29) is 5.82 Å². The summed E-state index contributed by atoms with van der Waals surface area (Å²) in [5, 5.41) is 19.2. The molecule has 0 aliphatic heterocycles. The highest BCUT2D eigenvalue weighted by Gasteiger charge is 2.29. The van der Waals surface area contributed by atoms with Gasteiger partial charge in [0.1, 0.15) is 30.3 Å². The first-order valence-corrected chi connectivity index (χ1v) is 10.7. The van der Waals surface area contributed by atoms with Crippen LogP contribution in [0, 0.1) is 29.6 Å². The zero-order valence-corrected chi connectivity index (χ0v) is 19.2. The number of benzene rings is 2. The van der Waals surface area contributed by atoms with Gasteiger partial charge in [-0.05, 0) is 75.8 Å². The van der Waals surface area contributed by atoms with Gasteiger partial charge in [0.25, 0.3) is 0 Å². The van der Waals surface area contributed by atoms with Gasteiger partial charge in [-0.3, -0.25) is 0 Å². The average Bonchev–Trinajstić information content (AvgIpc) is 3.04. The summed E-state index contributed by atoms with van der Waals surface area (Å²) in [6.07, 6.45) is 2.00. The second kappa shape index (κ2) is 8.70. The standard InChI is InChI=1S/C26H19BrN4O/c1-15-19(24-16(2)21(13-29)26(30)31-25(24)20(15)12-28)10-18-8-9-23(22(27)11-18)32-14-17-6-4-3-5-7-17/h3-11H,14H2,1-2H3,(H2,30,31)/b19-10+. The van der Waals surface area contributed by atoms with E-state index in [1.165, 1.54) is 0 Å². The number of allylic oxidation sites excluding steroid dienone is 3. The Morgan fingerprint density at radius 2 is 1.84 bits per heavy atom. The Hall–Kier alpha value is -3.87. The van der Waals surface area contributed by atoms with Crippen molar-refractivity contribution < 1.29 is 4.74 Å². The van der Waals surface area contributed by atoms with Crippen LogP contribution in [0.3, 0.4) is 0 Å². The van der Waals surface area contributed by atoms with E-state index in [0.717, 1.165) is 43.6 Å². The number of halogens is 1. The van der Waals surface area contributed by atoms with E-state index in [2.05, 4.69) is 33.1 Å². The minimum atomic E-state index is 0.146. The molecule has 0 saturated carbocycles. The summed E-state index contributed by atoms with van der Waals surface area (Å²) in [7, 11) is 0. The molecule has 32 heavy (non-hydrogen) atoms. The lowest BCUT2D eigenvalue weighted by molar-refractivity contribution is 0.304. The molecule has 0 atom stereocenters. The fourth-order valence-electron chi connectivity index (χ4n) is 3.82. The summed E-state index contributed by atoms with van der Waals surface area (Å²) in [6, 6.07) is 20.2. The molecule has 156 valence electrons. The number of ether oxygens (including phenoxy) is 1. The molecule has 1 heterocycles. The Labute approximate surface area is 195 Å². The molecule has 1 aromatic heterocycles. The molecule has 0 bridgehead atoms. The average molecular weight is 483 g/mol. The van der Waals surface area contributed by atoms with Crippen molar-refractivity contribution >= 4 is 39.0 Å². The number of aromatic nitrogens is 1. The number of nitriles is 2. The molecule has 2 N–H and O–H groups in total. The Kier molecular flexibility index (Phi) is 5.81. The van der Waals surface area contributed by atoms with Crippen LogP contribution in [0.25, 0.3) is 17.2 Å². The molecule has 0 saturated heterocycles. The van der Waals surface area contributed by atoms with Crippen molar-refractivity contribution in [3.63, 3.8) is 0 Å². The van der Waals surface area contributed by atoms with Gasteiger partial charge in [0.2, 0.25) is 0 Å². The molecule has 0 radical (unpaired) electrons. The van der Waals surface area contributed by atoms with Crippen LogP contribution in [0.5, 0.6) is 5.75 Å². The van der Waals surface area contributed by atoms with Crippen molar-refractivity contribution in [1.29, 1.82) is 10.5 Å². The van der Waals surface area contributed by atoms with Gasteiger partial charge in [0.15, 0.2) is 0 Å². The summed E-state index contributed by atoms with van der Waals surface area (Å²) >= 11 is 3.60. The van der Waals surface area contributed by atoms with Gasteiger partial charge >= 0.3 is 0 Å². The predicted molar refractivity (Wildman–Crippen MR) is 129 cm³/mol. The third-order valence-electron chi connectivity index (χ3n) is 5.49. The lowest BCUT2D eigenvalue weighted by atomic mass is 9.95. The number of rotatable bonds is 4. The van der Waals surface area contributed by atoms with E-state index < -0.39 is 0 Å². The number of nitrogens with zero attached hydrogens (tertiary/aromatic N) is 3. The number of hydrogen-bond acceptors (Lipinski definition) is 5. The molecule has 3 aromatic rings. The maximum absolute atomic E-state index is 9.70. The van der Waals surface area contributed by atoms with Crippen molar-refractivity contribution in [2.45, 2.75) is 20.5 Å². The minimum absolute atomic E-state index is 0.146. The molecule has 4 rings (SSSR count). The van der Waals surface area contributed by atoms with Gasteiger partial charge in [-0.15, -0.1) is 0 Å². The second-order valence-electron chi connectivity index (χ2n) is 7.47. The molecule has 1 aliphatic rings. The topological polar surface area (TPSA) is 95.7 Å². The molecule has 1 aliphatic carbocycles. The van der Waals surface area contributed by atoms with Crippen molar-refractivity contribution in [1.82, 2.24) is 4.98 Å². The van der Waals surface area contributed by atoms with Crippen LogP contribution < -0.4 is 10.5 Å². The molecular weight excluding hydrogens is 464 g/mol. The Morgan fingerprint density at radius 3 is 2.50 bits per heavy atom. The molecule has 5 nitrogen and oxygen atoms in total. The molecule has 2 aromatic carbocycles. The fraction of sp³-hybridized carbons (Fsp3) is 0.115. The number of hydrogen-bond donors (Lipinski definition) is 1. The Bertz CT molecular complexity index is 1380. The van der Waals surface area contributed by atoms with Crippen molar-refractivity contribution in [2.75, 3.05) is 5.73 Å². The van der Waals surface area contributed by atoms with E-state index >= 15 is 0 Å². The summed E-state index contributed by atoms with van der Waals surface area (Å²) in [4.78, 5) is 4.37. The highest BCUT2D eigenvalue weighted by molar-refractivity contribution is 9.10. The minimum Gasteiger partial charge on any atom is -0.488 e. The van der Waals surface area contributed by atoms with Crippen LogP contribution >= 0.6 is 15.9 Å². The van der Waals surface area contributed by atoms with Gasteiger partial charge in [0.05, 0.1) is 21.3 Å². The van der Waals surface area contributed by atoms with E-state index in [1.807, 2.05) is 68.5 Å². The second-order valence-corrected chi connectivity index (χ2v) is 8.32. The Balaban J connectivity index is 1.72. The quantitative estimate of drug-likeness (QED) is 0.488. The molecule has 0 spiro atoms. The molecule has 6 heteroatoms. The lowest BCUT2D eigenvalue weighted by Crippen LogP contribution is -2.03. The van der Waals surface area contributed by atoms with Gasteiger partial charge < -0.3 is 10.5 Å². The summed E-state index contributed by atoms with van der Waals surface area (Å²) in [5.41, 5.74) is 12.5. The van der Waals surface area contributed by atoms with E-state index in [1.54, 1.807) is 0 Å². The highest BCUT2D eigenvalue weighted by Crippen LogP contribution is 2.44. The summed E-state index contributed by atoms with van der Waals surface area (Å²) in [6.45, 7) is 4.21. The molecule has 0 amide bonds. The van der Waals surface area contributed by atoms with E-state index in [9.17, 15) is 10.5 Å². The first-order valence-electron chi connectivity index (χ1n) is 9.94. The van der Waals surface area contributed by atoms with E-state index in [4.69, 9.17) is 10.5 Å². The van der Waals surface area contributed by atoms with Crippen LogP contribution in [-0.2, 0) is 6.61 Å². The van der Waals surface area contributed by atoms with Crippen LogP contribution in [0.4, 0.5) is 5.82 Å². The zero-order valence-electron chi connectivity index (χ0n) is 17.6. The SMILES string of the molecule is CC1=C(C#N)c2nc(N)c(C#N)c(C)c2/C1=C/c1ccc(OCc2ccccc2)c(Br)c1. The van der Waals surface area contributed by atoms with Gasteiger partial charge in [0, 0.05) is 5.56 Å². The number of nitrogen functional groups attached to an aromatic ring is 1. The zero-order chi connectivity index (χ0) is 22.8. The first-order chi connectivity index (χ1) is 15.4. The number of anilines is 1.